The zero-order chi connectivity index (χ0) is 13.7. The Labute approximate surface area is 126 Å². The predicted molar refractivity (Wildman–Crippen MR) is 79.3 cm³/mol. The van der Waals surface area contributed by atoms with Crippen LogP contribution in [0.25, 0.3) is 0 Å². The van der Waals surface area contributed by atoms with E-state index in [1.807, 2.05) is 6.92 Å². The zero-order valence-corrected chi connectivity index (χ0v) is 13.6. The molecule has 1 atom stereocenters. The number of nitrogens with two attached hydrogens (primary N) is 1. The first-order valence-corrected chi connectivity index (χ1v) is 7.60. The zero-order valence-electron chi connectivity index (χ0n) is 9.61. The normalized spacial score (nSPS) is 13.4. The van der Waals surface area contributed by atoms with Crippen LogP contribution in [0, 0.1) is 0 Å². The first kappa shape index (κ1) is 15.5. The number of carbonyl (C=O) groups is 1. The molecule has 0 saturated heterocycles. The highest BCUT2D eigenvalue weighted by molar-refractivity contribution is 9.13. The molecule has 0 aliphatic heterocycles. The van der Waals surface area contributed by atoms with Gasteiger partial charge in [0.1, 0.15) is 5.84 Å². The quantitative estimate of drug-likeness (QED) is 0.308. The first-order valence-electron chi connectivity index (χ1n) is 5.20. The smallest absolute Gasteiger partial charge is 0.261 e. The molecular formula is C10H13Br2N3O2S. The van der Waals surface area contributed by atoms with Crippen molar-refractivity contribution in [2.75, 3.05) is 0 Å². The van der Waals surface area contributed by atoms with Crippen LogP contribution in [0.2, 0.25) is 0 Å². The number of hydrogen-bond acceptors (Lipinski definition) is 4. The molecule has 1 unspecified atom stereocenters. The van der Waals surface area contributed by atoms with Gasteiger partial charge in [0.2, 0.25) is 0 Å². The van der Waals surface area contributed by atoms with Crippen molar-refractivity contribution in [1.29, 1.82) is 0 Å². The predicted octanol–water partition coefficient (Wildman–Crippen LogP) is 2.92. The van der Waals surface area contributed by atoms with Crippen LogP contribution in [-0.4, -0.2) is 23.0 Å². The molecule has 1 aromatic heterocycles. The van der Waals surface area contributed by atoms with E-state index in [4.69, 9.17) is 10.9 Å². The fraction of sp³-hybridized carbons (Fsp3) is 0.400. The Morgan fingerprint density at radius 2 is 2.33 bits per heavy atom. The summed E-state index contributed by atoms with van der Waals surface area (Å²) in [6.07, 6.45) is 1.03. The summed E-state index contributed by atoms with van der Waals surface area (Å²) in [5.74, 6) is -0.0559. The molecule has 0 spiro atoms. The van der Waals surface area contributed by atoms with E-state index in [0.717, 1.165) is 8.26 Å². The molecule has 100 valence electrons. The maximum Gasteiger partial charge on any atom is 0.261 e. The fourth-order valence-corrected chi connectivity index (χ4v) is 3.24. The number of nitrogens with one attached hydrogen (secondary N) is 1. The summed E-state index contributed by atoms with van der Waals surface area (Å²) in [5, 5.41) is 14.3. The molecule has 0 radical (unpaired) electrons. The van der Waals surface area contributed by atoms with E-state index in [1.165, 1.54) is 11.3 Å². The van der Waals surface area contributed by atoms with Gasteiger partial charge in [0, 0.05) is 16.9 Å². The van der Waals surface area contributed by atoms with E-state index in [2.05, 4.69) is 42.3 Å². The maximum atomic E-state index is 12.0. The number of carbonyl (C=O) groups excluding carboxylic acids is 1. The average Bonchev–Trinajstić information content (AvgIpc) is 2.68. The molecule has 0 aromatic carbocycles. The van der Waals surface area contributed by atoms with Crippen molar-refractivity contribution < 1.29 is 10.0 Å². The Balaban J connectivity index is 2.67. The molecule has 1 amide bonds. The monoisotopic (exact) mass is 397 g/mol. The second kappa shape index (κ2) is 7.10. The van der Waals surface area contributed by atoms with E-state index in [-0.39, 0.29) is 17.8 Å². The van der Waals surface area contributed by atoms with Crippen LogP contribution in [0.3, 0.4) is 0 Å². The van der Waals surface area contributed by atoms with Gasteiger partial charge in [-0.1, -0.05) is 12.1 Å². The Morgan fingerprint density at radius 3 is 2.78 bits per heavy atom. The lowest BCUT2D eigenvalue weighted by atomic mass is 10.1. The molecule has 5 nitrogen and oxygen atoms in total. The second-order valence-electron chi connectivity index (χ2n) is 3.61. The molecule has 0 saturated carbocycles. The molecule has 1 rings (SSSR count). The van der Waals surface area contributed by atoms with Crippen molar-refractivity contribution in [2.24, 2.45) is 10.9 Å². The third-order valence-corrected chi connectivity index (χ3v) is 5.54. The van der Waals surface area contributed by atoms with Crippen molar-refractivity contribution in [3.63, 3.8) is 0 Å². The molecule has 0 bridgehead atoms. The van der Waals surface area contributed by atoms with Gasteiger partial charge in [-0.3, -0.25) is 4.79 Å². The minimum Gasteiger partial charge on any atom is -0.409 e. The highest BCUT2D eigenvalue weighted by Crippen LogP contribution is 2.32. The molecule has 0 aliphatic rings. The summed E-state index contributed by atoms with van der Waals surface area (Å²) in [5.41, 5.74) is 5.43. The van der Waals surface area contributed by atoms with E-state index >= 15 is 0 Å². The molecule has 0 fully saturated rings. The summed E-state index contributed by atoms with van der Waals surface area (Å²) in [7, 11) is 0. The van der Waals surface area contributed by atoms with Crippen molar-refractivity contribution in [3.05, 3.63) is 19.2 Å². The van der Waals surface area contributed by atoms with Gasteiger partial charge >= 0.3 is 0 Å². The Hall–Kier alpha value is -0.600. The van der Waals surface area contributed by atoms with Crippen LogP contribution >= 0.6 is 43.2 Å². The number of oxime groups is 1. The molecule has 4 N–H and O–H groups in total. The highest BCUT2D eigenvalue weighted by Gasteiger charge is 2.16. The third-order valence-electron chi connectivity index (χ3n) is 2.28. The topological polar surface area (TPSA) is 87.7 Å². The van der Waals surface area contributed by atoms with Crippen LogP contribution in [-0.2, 0) is 0 Å². The number of thiophene rings is 1. The maximum absolute atomic E-state index is 12.0. The van der Waals surface area contributed by atoms with E-state index < -0.39 is 0 Å². The molecule has 0 aliphatic carbocycles. The number of amides is 1. The fourth-order valence-electron chi connectivity index (χ4n) is 1.31. The van der Waals surface area contributed by atoms with E-state index in [9.17, 15) is 4.79 Å². The first-order chi connectivity index (χ1) is 8.47. The molecular weight excluding hydrogens is 386 g/mol. The van der Waals surface area contributed by atoms with Gasteiger partial charge in [-0.25, -0.2) is 0 Å². The second-order valence-corrected chi connectivity index (χ2v) is 6.83. The number of halogens is 2. The van der Waals surface area contributed by atoms with E-state index in [0.29, 0.717) is 17.7 Å². The summed E-state index contributed by atoms with van der Waals surface area (Å²) in [6.45, 7) is 1.93. The lowest BCUT2D eigenvalue weighted by molar-refractivity contribution is 0.0941. The van der Waals surface area contributed by atoms with E-state index in [1.54, 1.807) is 6.07 Å². The molecule has 18 heavy (non-hydrogen) atoms. The van der Waals surface area contributed by atoms with Gasteiger partial charge in [0.25, 0.3) is 5.91 Å². The van der Waals surface area contributed by atoms with Gasteiger partial charge in [0.05, 0.1) is 8.66 Å². The summed E-state index contributed by atoms with van der Waals surface area (Å²) in [4.78, 5) is 12.6. The van der Waals surface area contributed by atoms with Crippen molar-refractivity contribution in [3.8, 4) is 0 Å². The SMILES string of the molecule is CCC(CC(N)=NO)NC(=O)c1cc(Br)c(Br)s1. The van der Waals surface area contributed by atoms with Crippen molar-refractivity contribution >= 4 is 54.9 Å². The summed E-state index contributed by atoms with van der Waals surface area (Å²) in [6, 6.07) is 1.60. The number of nitrogens with zero attached hydrogens (tertiary/aromatic N) is 1. The van der Waals surface area contributed by atoms with Crippen molar-refractivity contribution in [1.82, 2.24) is 5.32 Å². The third kappa shape index (κ3) is 4.25. The number of rotatable bonds is 5. The van der Waals surface area contributed by atoms with Crippen LogP contribution in [0.5, 0.6) is 0 Å². The molecule has 1 aromatic rings. The summed E-state index contributed by atoms with van der Waals surface area (Å²) >= 11 is 8.02. The molecule has 8 heteroatoms. The van der Waals surface area contributed by atoms with Crippen LogP contribution in [0.1, 0.15) is 29.4 Å². The van der Waals surface area contributed by atoms with Gasteiger partial charge in [0.15, 0.2) is 0 Å². The Morgan fingerprint density at radius 1 is 1.67 bits per heavy atom. The lowest BCUT2D eigenvalue weighted by Crippen LogP contribution is -2.37. The highest BCUT2D eigenvalue weighted by atomic mass is 79.9. The standard InChI is InChI=1S/C10H13Br2N3O2S/c1-2-5(3-8(13)15-17)14-10(16)7-4-6(11)9(12)18-7/h4-5,17H,2-3H2,1H3,(H2,13,15)(H,14,16). The van der Waals surface area contributed by atoms with Gasteiger partial charge in [-0.05, 0) is 44.3 Å². The Bertz CT molecular complexity index is 442. The molecule has 1 heterocycles. The number of amidine groups is 1. The largest absolute Gasteiger partial charge is 0.409 e. The Kier molecular flexibility index (Phi) is 6.10. The average molecular weight is 399 g/mol. The summed E-state index contributed by atoms with van der Waals surface area (Å²) < 4.78 is 1.72. The number of hydrogen-bond donors (Lipinski definition) is 3. The van der Waals surface area contributed by atoms with Gasteiger partial charge in [-0.2, -0.15) is 0 Å². The lowest BCUT2D eigenvalue weighted by Gasteiger charge is -2.15. The van der Waals surface area contributed by atoms with Crippen LogP contribution in [0.4, 0.5) is 0 Å². The minimum atomic E-state index is -0.163. The van der Waals surface area contributed by atoms with Crippen LogP contribution < -0.4 is 11.1 Å². The van der Waals surface area contributed by atoms with Gasteiger partial charge < -0.3 is 16.3 Å². The van der Waals surface area contributed by atoms with Crippen LogP contribution in [0.15, 0.2) is 19.5 Å². The van der Waals surface area contributed by atoms with Crippen molar-refractivity contribution in [2.45, 2.75) is 25.8 Å². The van der Waals surface area contributed by atoms with Gasteiger partial charge in [-0.15, -0.1) is 11.3 Å². The minimum absolute atomic E-state index is 0.107.